The lowest BCUT2D eigenvalue weighted by Gasteiger charge is -2.06. The van der Waals surface area contributed by atoms with Crippen LogP contribution in [0, 0.1) is 6.92 Å². The molecule has 0 radical (unpaired) electrons. The number of hydrogen-bond acceptors (Lipinski definition) is 5. The molecule has 0 saturated carbocycles. The number of aromatic amines is 1. The van der Waals surface area contributed by atoms with Gasteiger partial charge >= 0.3 is 0 Å². The van der Waals surface area contributed by atoms with Crippen molar-refractivity contribution in [2.75, 3.05) is 13.6 Å². The Kier molecular flexibility index (Phi) is 5.05. The SMILES string of the molecule is CNCc1c(S(=O)(=O)NCCc2ccccn2)n[nH]c1C. The monoisotopic (exact) mass is 309 g/mol. The van der Waals surface area contributed by atoms with Crippen molar-refractivity contribution >= 4 is 10.0 Å². The van der Waals surface area contributed by atoms with Crippen LogP contribution in [0.15, 0.2) is 29.4 Å². The topological polar surface area (TPSA) is 99.8 Å². The van der Waals surface area contributed by atoms with Gasteiger partial charge in [-0.05, 0) is 26.1 Å². The zero-order chi connectivity index (χ0) is 15.3. The van der Waals surface area contributed by atoms with E-state index in [1.54, 1.807) is 20.2 Å². The molecule has 0 aliphatic rings. The molecule has 0 bridgehead atoms. The Morgan fingerprint density at radius 3 is 2.81 bits per heavy atom. The van der Waals surface area contributed by atoms with E-state index in [-0.39, 0.29) is 11.6 Å². The fraction of sp³-hybridized carbons (Fsp3) is 0.385. The molecule has 0 saturated heterocycles. The molecule has 7 nitrogen and oxygen atoms in total. The molecule has 8 heteroatoms. The maximum absolute atomic E-state index is 12.3. The highest BCUT2D eigenvalue weighted by molar-refractivity contribution is 7.89. The molecule has 2 aromatic heterocycles. The van der Waals surface area contributed by atoms with Crippen molar-refractivity contribution in [2.45, 2.75) is 24.9 Å². The van der Waals surface area contributed by atoms with Gasteiger partial charge < -0.3 is 5.32 Å². The lowest BCUT2D eigenvalue weighted by atomic mass is 10.3. The second-order valence-electron chi connectivity index (χ2n) is 4.63. The lowest BCUT2D eigenvalue weighted by Crippen LogP contribution is -2.28. The van der Waals surface area contributed by atoms with Crippen LogP contribution in [0.4, 0.5) is 0 Å². The van der Waals surface area contributed by atoms with Crippen LogP contribution in [-0.2, 0) is 23.0 Å². The minimum Gasteiger partial charge on any atom is -0.316 e. The molecule has 0 amide bonds. The highest BCUT2D eigenvalue weighted by Crippen LogP contribution is 2.15. The van der Waals surface area contributed by atoms with E-state index >= 15 is 0 Å². The molecule has 0 unspecified atom stereocenters. The van der Waals surface area contributed by atoms with Gasteiger partial charge in [0.25, 0.3) is 10.0 Å². The van der Waals surface area contributed by atoms with Gasteiger partial charge in [-0.15, -0.1) is 0 Å². The first-order valence-corrected chi connectivity index (χ1v) is 8.11. The smallest absolute Gasteiger partial charge is 0.260 e. The van der Waals surface area contributed by atoms with Gasteiger partial charge in [0.05, 0.1) is 0 Å². The molecule has 2 aromatic rings. The molecule has 21 heavy (non-hydrogen) atoms. The molecule has 114 valence electrons. The van der Waals surface area contributed by atoms with Crippen LogP contribution in [0.5, 0.6) is 0 Å². The summed E-state index contributed by atoms with van der Waals surface area (Å²) in [5.74, 6) is 0. The average molecular weight is 309 g/mol. The van der Waals surface area contributed by atoms with Gasteiger partial charge in [-0.3, -0.25) is 10.1 Å². The van der Waals surface area contributed by atoms with E-state index in [0.717, 1.165) is 11.4 Å². The average Bonchev–Trinajstić information content (AvgIpc) is 2.83. The number of pyridine rings is 1. The Morgan fingerprint density at radius 2 is 2.14 bits per heavy atom. The molecular weight excluding hydrogens is 290 g/mol. The molecule has 2 heterocycles. The van der Waals surface area contributed by atoms with Gasteiger partial charge in [0.2, 0.25) is 0 Å². The van der Waals surface area contributed by atoms with Crippen molar-refractivity contribution in [1.82, 2.24) is 25.2 Å². The molecule has 0 fully saturated rings. The third-order valence-corrected chi connectivity index (χ3v) is 4.47. The number of nitrogens with one attached hydrogen (secondary N) is 3. The first-order chi connectivity index (χ1) is 10.0. The van der Waals surface area contributed by atoms with Crippen LogP contribution >= 0.6 is 0 Å². The van der Waals surface area contributed by atoms with E-state index in [2.05, 4.69) is 25.2 Å². The summed E-state index contributed by atoms with van der Waals surface area (Å²) in [5, 5.41) is 9.61. The third kappa shape index (κ3) is 3.87. The molecule has 2 rings (SSSR count). The molecule has 0 atom stereocenters. The quantitative estimate of drug-likeness (QED) is 0.685. The Hall–Kier alpha value is -1.77. The van der Waals surface area contributed by atoms with E-state index < -0.39 is 10.0 Å². The molecular formula is C13H19N5O2S. The summed E-state index contributed by atoms with van der Waals surface area (Å²) in [6, 6.07) is 5.56. The van der Waals surface area contributed by atoms with Gasteiger partial charge in [-0.2, -0.15) is 5.10 Å². The number of nitrogens with zero attached hydrogens (tertiary/aromatic N) is 2. The summed E-state index contributed by atoms with van der Waals surface area (Å²) in [7, 11) is -1.86. The Balaban J connectivity index is 2.05. The molecule has 0 aromatic carbocycles. The normalized spacial score (nSPS) is 11.7. The van der Waals surface area contributed by atoms with Gasteiger partial charge in [0.15, 0.2) is 5.03 Å². The standard InChI is InChI=1S/C13H19N5O2S/c1-10-12(9-14-2)13(18-17-10)21(19,20)16-8-6-11-5-3-4-7-15-11/h3-5,7,14,16H,6,8-9H2,1-2H3,(H,17,18). The Labute approximate surface area is 124 Å². The lowest BCUT2D eigenvalue weighted by molar-refractivity contribution is 0.575. The largest absolute Gasteiger partial charge is 0.316 e. The second-order valence-corrected chi connectivity index (χ2v) is 6.31. The fourth-order valence-corrected chi connectivity index (χ4v) is 3.19. The third-order valence-electron chi connectivity index (χ3n) is 3.04. The number of sulfonamides is 1. The van der Waals surface area contributed by atoms with E-state index in [1.165, 1.54) is 0 Å². The van der Waals surface area contributed by atoms with Crippen molar-refractivity contribution in [2.24, 2.45) is 0 Å². The van der Waals surface area contributed by atoms with Crippen LogP contribution in [0.2, 0.25) is 0 Å². The van der Waals surface area contributed by atoms with E-state index in [0.29, 0.717) is 18.5 Å². The highest BCUT2D eigenvalue weighted by Gasteiger charge is 2.22. The van der Waals surface area contributed by atoms with Crippen molar-refractivity contribution in [1.29, 1.82) is 0 Å². The second kappa shape index (κ2) is 6.79. The van der Waals surface area contributed by atoms with Crippen LogP contribution < -0.4 is 10.0 Å². The minimum absolute atomic E-state index is 0.0513. The summed E-state index contributed by atoms with van der Waals surface area (Å²) in [6.45, 7) is 2.52. The number of rotatable bonds is 7. The molecule has 0 aliphatic carbocycles. The maximum Gasteiger partial charge on any atom is 0.260 e. The highest BCUT2D eigenvalue weighted by atomic mass is 32.2. The van der Waals surface area contributed by atoms with Gasteiger partial charge in [0.1, 0.15) is 0 Å². The maximum atomic E-state index is 12.3. The van der Waals surface area contributed by atoms with Crippen molar-refractivity contribution in [3.8, 4) is 0 Å². The summed E-state index contributed by atoms with van der Waals surface area (Å²) in [6.07, 6.45) is 2.22. The number of aromatic nitrogens is 3. The van der Waals surface area contributed by atoms with Crippen LogP contribution in [0.3, 0.4) is 0 Å². The predicted molar refractivity (Wildman–Crippen MR) is 79.2 cm³/mol. The summed E-state index contributed by atoms with van der Waals surface area (Å²) in [4.78, 5) is 4.16. The van der Waals surface area contributed by atoms with Gasteiger partial charge in [-0.1, -0.05) is 6.07 Å². The van der Waals surface area contributed by atoms with Crippen LogP contribution in [0.25, 0.3) is 0 Å². The summed E-state index contributed by atoms with van der Waals surface area (Å²) in [5.41, 5.74) is 2.24. The van der Waals surface area contributed by atoms with E-state index in [1.807, 2.05) is 18.2 Å². The number of H-pyrrole nitrogens is 1. The van der Waals surface area contributed by atoms with Crippen molar-refractivity contribution in [3.05, 3.63) is 41.3 Å². The van der Waals surface area contributed by atoms with Crippen molar-refractivity contribution < 1.29 is 8.42 Å². The van der Waals surface area contributed by atoms with Gasteiger partial charge in [-0.25, -0.2) is 13.1 Å². The van der Waals surface area contributed by atoms with E-state index in [4.69, 9.17) is 0 Å². The zero-order valence-corrected chi connectivity index (χ0v) is 12.9. The summed E-state index contributed by atoms with van der Waals surface area (Å²) < 4.78 is 27.1. The first-order valence-electron chi connectivity index (χ1n) is 6.62. The molecule has 0 spiro atoms. The summed E-state index contributed by atoms with van der Waals surface area (Å²) >= 11 is 0. The fourth-order valence-electron chi connectivity index (χ4n) is 1.97. The first kappa shape index (κ1) is 15.6. The van der Waals surface area contributed by atoms with Crippen LogP contribution in [0.1, 0.15) is 17.0 Å². The number of aryl methyl sites for hydroxylation is 1. The molecule has 3 N–H and O–H groups in total. The minimum atomic E-state index is -3.62. The predicted octanol–water partition coefficient (Wildman–Crippen LogP) is 0.354. The van der Waals surface area contributed by atoms with Crippen molar-refractivity contribution in [3.63, 3.8) is 0 Å². The Bertz CT molecular complexity index is 682. The van der Waals surface area contributed by atoms with Gasteiger partial charge in [0, 0.05) is 42.7 Å². The number of hydrogen-bond donors (Lipinski definition) is 3. The molecule has 0 aliphatic heterocycles. The Morgan fingerprint density at radius 1 is 1.33 bits per heavy atom. The van der Waals surface area contributed by atoms with E-state index in [9.17, 15) is 8.42 Å². The zero-order valence-electron chi connectivity index (χ0n) is 12.0. The van der Waals surface area contributed by atoms with Crippen LogP contribution in [-0.4, -0.2) is 37.2 Å².